The van der Waals surface area contributed by atoms with E-state index in [4.69, 9.17) is 5.73 Å². The van der Waals surface area contributed by atoms with E-state index >= 15 is 0 Å². The van der Waals surface area contributed by atoms with Crippen molar-refractivity contribution in [3.8, 4) is 0 Å². The number of carbonyl (C=O) groups is 1. The minimum absolute atomic E-state index is 0.0618. The molecule has 2 atom stereocenters. The number of nitrogens with one attached hydrogen (secondary N) is 1. The second kappa shape index (κ2) is 5.89. The van der Waals surface area contributed by atoms with E-state index in [1.54, 1.807) is 0 Å². The van der Waals surface area contributed by atoms with Crippen LogP contribution < -0.4 is 11.1 Å². The lowest BCUT2D eigenvalue weighted by atomic mass is 9.97. The summed E-state index contributed by atoms with van der Waals surface area (Å²) in [7, 11) is 4.17. The molecule has 3 N–H and O–H groups in total. The molecule has 1 aliphatic rings. The number of nitrogens with two attached hydrogens (primary N) is 1. The van der Waals surface area contributed by atoms with E-state index in [-0.39, 0.29) is 17.5 Å². The molecular formula is C11H23N3OS. The lowest BCUT2D eigenvalue weighted by Crippen LogP contribution is -2.53. The first-order valence-corrected chi connectivity index (χ1v) is 6.89. The molecule has 2 unspecified atom stereocenters. The minimum Gasteiger partial charge on any atom is -0.354 e. The number of hydrogen-bond donors (Lipinski definition) is 2. The van der Waals surface area contributed by atoms with Crippen LogP contribution in [0.25, 0.3) is 0 Å². The zero-order valence-corrected chi connectivity index (χ0v) is 11.3. The van der Waals surface area contributed by atoms with Crippen molar-refractivity contribution in [2.75, 3.05) is 32.1 Å². The number of nitrogens with zero attached hydrogens (tertiary/aromatic N) is 1. The summed E-state index contributed by atoms with van der Waals surface area (Å²) < 4.78 is 0. The Morgan fingerprint density at radius 2 is 2.31 bits per heavy atom. The molecule has 0 radical (unpaired) electrons. The summed E-state index contributed by atoms with van der Waals surface area (Å²) in [5.74, 6) is 2.34. The van der Waals surface area contributed by atoms with Crippen LogP contribution in [0.2, 0.25) is 0 Å². The Labute approximate surface area is 102 Å². The molecule has 94 valence electrons. The Balaban J connectivity index is 2.42. The van der Waals surface area contributed by atoms with E-state index in [2.05, 4.69) is 24.3 Å². The first kappa shape index (κ1) is 13.8. The van der Waals surface area contributed by atoms with Crippen molar-refractivity contribution in [3.63, 3.8) is 0 Å². The smallest absolute Gasteiger partial charge is 0.221 e. The van der Waals surface area contributed by atoms with Gasteiger partial charge in [-0.3, -0.25) is 4.79 Å². The first-order valence-electron chi connectivity index (χ1n) is 5.74. The van der Waals surface area contributed by atoms with Crippen LogP contribution in [0, 0.1) is 0 Å². The Kier molecular flexibility index (Phi) is 5.08. The monoisotopic (exact) mass is 245 g/mol. The number of likely N-dealkylation sites (N-methyl/N-ethyl adjacent to an activating group) is 1. The van der Waals surface area contributed by atoms with E-state index in [9.17, 15) is 4.79 Å². The zero-order chi connectivity index (χ0) is 12.2. The largest absolute Gasteiger partial charge is 0.354 e. The normalized spacial score (nSPS) is 27.1. The number of amides is 1. The van der Waals surface area contributed by atoms with Crippen LogP contribution in [0.4, 0.5) is 0 Å². The SMILES string of the molecule is CC(N)CC(=O)NCC1(N(C)C)CCSC1. The van der Waals surface area contributed by atoms with E-state index in [1.807, 2.05) is 18.7 Å². The van der Waals surface area contributed by atoms with Gasteiger partial charge in [0.15, 0.2) is 0 Å². The molecule has 0 aromatic heterocycles. The highest BCUT2D eigenvalue weighted by atomic mass is 32.2. The maximum atomic E-state index is 11.6. The molecule has 1 rings (SSSR count). The lowest BCUT2D eigenvalue weighted by Gasteiger charge is -2.35. The molecule has 5 heteroatoms. The number of rotatable bonds is 5. The first-order chi connectivity index (χ1) is 7.46. The Hall–Kier alpha value is -0.260. The molecule has 0 aromatic rings. The Bertz CT molecular complexity index is 237. The van der Waals surface area contributed by atoms with Crippen LogP contribution in [-0.2, 0) is 4.79 Å². The van der Waals surface area contributed by atoms with Crippen LogP contribution in [-0.4, -0.2) is 54.5 Å². The zero-order valence-electron chi connectivity index (χ0n) is 10.5. The Morgan fingerprint density at radius 1 is 1.62 bits per heavy atom. The van der Waals surface area contributed by atoms with Crippen molar-refractivity contribution in [2.45, 2.75) is 31.3 Å². The van der Waals surface area contributed by atoms with Gasteiger partial charge in [0.2, 0.25) is 5.91 Å². The topological polar surface area (TPSA) is 58.4 Å². The molecule has 1 aliphatic heterocycles. The van der Waals surface area contributed by atoms with Crippen LogP contribution in [0.1, 0.15) is 19.8 Å². The average Bonchev–Trinajstić information content (AvgIpc) is 2.63. The second-order valence-corrected chi connectivity index (χ2v) is 5.98. The van der Waals surface area contributed by atoms with Crippen molar-refractivity contribution >= 4 is 17.7 Å². The van der Waals surface area contributed by atoms with Gasteiger partial charge in [-0.05, 0) is 33.2 Å². The maximum Gasteiger partial charge on any atom is 0.221 e. The highest BCUT2D eigenvalue weighted by Crippen LogP contribution is 2.31. The van der Waals surface area contributed by atoms with Gasteiger partial charge in [-0.1, -0.05) is 0 Å². The molecule has 1 fully saturated rings. The van der Waals surface area contributed by atoms with Crippen molar-refractivity contribution < 1.29 is 4.79 Å². The molecule has 0 saturated carbocycles. The van der Waals surface area contributed by atoms with Gasteiger partial charge in [-0.15, -0.1) is 0 Å². The highest BCUT2D eigenvalue weighted by Gasteiger charge is 2.36. The lowest BCUT2D eigenvalue weighted by molar-refractivity contribution is -0.121. The van der Waals surface area contributed by atoms with E-state index in [0.29, 0.717) is 6.42 Å². The molecule has 0 bridgehead atoms. The molecule has 16 heavy (non-hydrogen) atoms. The molecule has 1 amide bonds. The average molecular weight is 245 g/mol. The van der Waals surface area contributed by atoms with Gasteiger partial charge >= 0.3 is 0 Å². The van der Waals surface area contributed by atoms with E-state index in [0.717, 1.165) is 18.7 Å². The van der Waals surface area contributed by atoms with Gasteiger partial charge in [-0.2, -0.15) is 11.8 Å². The minimum atomic E-state index is -0.0618. The number of hydrogen-bond acceptors (Lipinski definition) is 4. The van der Waals surface area contributed by atoms with Gasteiger partial charge in [0.1, 0.15) is 0 Å². The molecule has 1 heterocycles. The predicted molar refractivity (Wildman–Crippen MR) is 69.6 cm³/mol. The number of thioether (sulfide) groups is 1. The third kappa shape index (κ3) is 3.64. The molecule has 0 spiro atoms. The molecule has 0 aliphatic carbocycles. The van der Waals surface area contributed by atoms with Gasteiger partial charge < -0.3 is 16.0 Å². The molecule has 0 aromatic carbocycles. The fraction of sp³-hybridized carbons (Fsp3) is 0.909. The maximum absolute atomic E-state index is 11.6. The van der Waals surface area contributed by atoms with Crippen molar-refractivity contribution in [1.29, 1.82) is 0 Å². The van der Waals surface area contributed by atoms with Gasteiger partial charge in [0.25, 0.3) is 0 Å². The van der Waals surface area contributed by atoms with Gasteiger partial charge in [0, 0.05) is 30.3 Å². The summed E-state index contributed by atoms with van der Waals surface area (Å²) in [6.07, 6.45) is 1.56. The molecular weight excluding hydrogens is 222 g/mol. The summed E-state index contributed by atoms with van der Waals surface area (Å²) in [5, 5.41) is 3.00. The van der Waals surface area contributed by atoms with Crippen LogP contribution in [0.5, 0.6) is 0 Å². The third-order valence-electron chi connectivity index (χ3n) is 3.15. The van der Waals surface area contributed by atoms with E-state index < -0.39 is 0 Å². The van der Waals surface area contributed by atoms with Crippen LogP contribution in [0.15, 0.2) is 0 Å². The standard InChI is InChI=1S/C11H23N3OS/c1-9(12)6-10(15)13-7-11(14(2)3)4-5-16-8-11/h9H,4-8,12H2,1-3H3,(H,13,15). The van der Waals surface area contributed by atoms with Gasteiger partial charge in [-0.25, -0.2) is 0 Å². The van der Waals surface area contributed by atoms with Crippen molar-refractivity contribution in [3.05, 3.63) is 0 Å². The summed E-state index contributed by atoms with van der Waals surface area (Å²) in [6, 6.07) is -0.0618. The third-order valence-corrected chi connectivity index (χ3v) is 4.39. The van der Waals surface area contributed by atoms with Crippen molar-refractivity contribution in [2.24, 2.45) is 5.73 Å². The second-order valence-electron chi connectivity index (χ2n) is 4.88. The summed E-state index contributed by atoms with van der Waals surface area (Å²) in [6.45, 7) is 2.59. The Morgan fingerprint density at radius 3 is 2.75 bits per heavy atom. The van der Waals surface area contributed by atoms with E-state index in [1.165, 1.54) is 5.75 Å². The highest BCUT2D eigenvalue weighted by molar-refractivity contribution is 7.99. The van der Waals surface area contributed by atoms with Crippen LogP contribution >= 0.6 is 11.8 Å². The summed E-state index contributed by atoms with van der Waals surface area (Å²) in [5.41, 5.74) is 5.73. The predicted octanol–water partition coefficient (Wildman–Crippen LogP) is 0.277. The quantitative estimate of drug-likeness (QED) is 0.730. The van der Waals surface area contributed by atoms with Crippen molar-refractivity contribution in [1.82, 2.24) is 10.2 Å². The number of carbonyl (C=O) groups excluding carboxylic acids is 1. The summed E-state index contributed by atoms with van der Waals surface area (Å²) in [4.78, 5) is 13.8. The fourth-order valence-corrected chi connectivity index (χ4v) is 3.43. The fourth-order valence-electron chi connectivity index (χ4n) is 1.87. The summed E-state index contributed by atoms with van der Waals surface area (Å²) >= 11 is 1.96. The van der Waals surface area contributed by atoms with Gasteiger partial charge in [0.05, 0.1) is 0 Å². The molecule has 1 saturated heterocycles. The molecule has 4 nitrogen and oxygen atoms in total. The van der Waals surface area contributed by atoms with Crippen LogP contribution in [0.3, 0.4) is 0 Å².